The molecule has 2 N–H and O–H groups in total. The number of nitrogens with one attached hydrogen (secondary N) is 1. The lowest BCUT2D eigenvalue weighted by atomic mass is 9.85. The van der Waals surface area contributed by atoms with Crippen LogP contribution in [0.25, 0.3) is 11.1 Å². The Kier molecular flexibility index (Phi) is 9.17. The maximum atomic E-state index is 11.8. The highest BCUT2D eigenvalue weighted by Crippen LogP contribution is 2.26. The van der Waals surface area contributed by atoms with Crippen LogP contribution in [0.1, 0.15) is 70.9 Å². The number of hydrogen-bond acceptors (Lipinski definition) is 1. The van der Waals surface area contributed by atoms with Crippen molar-refractivity contribution in [1.82, 2.24) is 4.98 Å². The third kappa shape index (κ3) is 7.24. The van der Waals surface area contributed by atoms with Gasteiger partial charge in [0.25, 0.3) is 0 Å². The predicted molar refractivity (Wildman–Crippen MR) is 113 cm³/mol. The predicted octanol–water partition coefficient (Wildman–Crippen LogP) is 6.70. The van der Waals surface area contributed by atoms with E-state index in [1.54, 1.807) is 0 Å². The van der Waals surface area contributed by atoms with Gasteiger partial charge in [-0.05, 0) is 36.0 Å². The number of aliphatic carboxylic acids is 1. The molecule has 0 aliphatic heterocycles. The maximum Gasteiger partial charge on any atom is 0.306 e. The van der Waals surface area contributed by atoms with Crippen molar-refractivity contribution in [3.63, 3.8) is 0 Å². The maximum absolute atomic E-state index is 11.8. The second-order valence-corrected chi connectivity index (χ2v) is 7.82. The van der Waals surface area contributed by atoms with Gasteiger partial charge in [0.1, 0.15) is 0 Å². The van der Waals surface area contributed by atoms with E-state index in [2.05, 4.69) is 37.0 Å². The molecule has 3 heteroatoms. The van der Waals surface area contributed by atoms with Crippen molar-refractivity contribution in [2.75, 3.05) is 0 Å². The Bertz CT molecular complexity index is 662. The Labute approximate surface area is 164 Å². The molecule has 148 valence electrons. The Morgan fingerprint density at radius 3 is 2.33 bits per heavy atom. The molecule has 0 radical (unpaired) electrons. The van der Waals surface area contributed by atoms with Gasteiger partial charge >= 0.3 is 5.97 Å². The van der Waals surface area contributed by atoms with E-state index in [0.29, 0.717) is 0 Å². The molecule has 2 unspecified atom stereocenters. The zero-order chi connectivity index (χ0) is 19.5. The van der Waals surface area contributed by atoms with Crippen molar-refractivity contribution in [3.8, 4) is 11.1 Å². The molecular weight excluding hydrogens is 334 g/mol. The third-order valence-electron chi connectivity index (χ3n) is 5.51. The number of rotatable bonds is 13. The van der Waals surface area contributed by atoms with Gasteiger partial charge in [0.15, 0.2) is 0 Å². The molecule has 0 spiro atoms. The highest BCUT2D eigenvalue weighted by Gasteiger charge is 2.24. The van der Waals surface area contributed by atoms with Gasteiger partial charge in [-0.15, -0.1) is 0 Å². The first-order chi connectivity index (χ1) is 13.1. The molecule has 0 fully saturated rings. The van der Waals surface area contributed by atoms with Gasteiger partial charge in [-0.2, -0.15) is 0 Å². The number of carboxylic acid groups (broad SMARTS) is 1. The van der Waals surface area contributed by atoms with Crippen LogP contribution < -0.4 is 0 Å². The number of carbonyl (C=O) groups is 1. The van der Waals surface area contributed by atoms with Crippen molar-refractivity contribution < 1.29 is 9.90 Å². The summed E-state index contributed by atoms with van der Waals surface area (Å²) in [6.45, 7) is 4.30. The monoisotopic (exact) mass is 369 g/mol. The smallest absolute Gasteiger partial charge is 0.306 e. The van der Waals surface area contributed by atoms with Crippen LogP contribution in [0, 0.1) is 11.8 Å². The first kappa shape index (κ1) is 21.3. The molecule has 2 rings (SSSR count). The fourth-order valence-corrected chi connectivity index (χ4v) is 3.82. The van der Waals surface area contributed by atoms with E-state index in [4.69, 9.17) is 0 Å². The molecule has 1 aromatic carbocycles. The molecule has 0 aliphatic carbocycles. The number of carboxylic acids is 1. The lowest BCUT2D eigenvalue weighted by molar-refractivity contribution is -0.143. The lowest BCUT2D eigenvalue weighted by Crippen LogP contribution is -2.23. The van der Waals surface area contributed by atoms with Crippen LogP contribution >= 0.6 is 0 Å². The minimum absolute atomic E-state index is 0.130. The summed E-state index contributed by atoms with van der Waals surface area (Å²) in [4.78, 5) is 15.1. The van der Waals surface area contributed by atoms with E-state index >= 15 is 0 Å². The molecule has 2 aromatic rings. The molecule has 0 saturated heterocycles. The molecule has 3 nitrogen and oxygen atoms in total. The topological polar surface area (TPSA) is 53.1 Å². The zero-order valence-corrected chi connectivity index (χ0v) is 16.9. The van der Waals surface area contributed by atoms with Crippen LogP contribution in [-0.4, -0.2) is 16.1 Å². The minimum Gasteiger partial charge on any atom is -0.481 e. The second kappa shape index (κ2) is 11.6. The first-order valence-corrected chi connectivity index (χ1v) is 10.6. The van der Waals surface area contributed by atoms with E-state index in [0.717, 1.165) is 36.9 Å². The number of aromatic amines is 1. The summed E-state index contributed by atoms with van der Waals surface area (Å²) in [5.74, 6) is -0.780. The van der Waals surface area contributed by atoms with Crippen molar-refractivity contribution in [2.24, 2.45) is 11.8 Å². The molecule has 0 aliphatic rings. The number of aromatic nitrogens is 1. The summed E-state index contributed by atoms with van der Waals surface area (Å²) in [6.07, 6.45) is 12.2. The van der Waals surface area contributed by atoms with Gasteiger partial charge in [-0.3, -0.25) is 4.79 Å². The Balaban J connectivity index is 1.81. The van der Waals surface area contributed by atoms with Crippen molar-refractivity contribution in [3.05, 3.63) is 48.3 Å². The number of benzene rings is 1. The minimum atomic E-state index is -0.650. The van der Waals surface area contributed by atoms with Gasteiger partial charge < -0.3 is 10.1 Å². The van der Waals surface area contributed by atoms with E-state index in [1.165, 1.54) is 37.7 Å². The number of hydrogen-bond donors (Lipinski definition) is 2. The van der Waals surface area contributed by atoms with E-state index in [1.807, 2.05) is 24.4 Å². The SMILES string of the molecule is CCCCCCCCCC(C(=O)O)C(C)Cc1cc(-c2ccccc2)c[nH]1. The Hall–Kier alpha value is -2.03. The van der Waals surface area contributed by atoms with Gasteiger partial charge in [0, 0.05) is 11.9 Å². The Morgan fingerprint density at radius 1 is 1.00 bits per heavy atom. The largest absolute Gasteiger partial charge is 0.481 e. The fourth-order valence-electron chi connectivity index (χ4n) is 3.82. The van der Waals surface area contributed by atoms with Crippen molar-refractivity contribution in [2.45, 2.75) is 71.6 Å². The molecule has 0 amide bonds. The molecule has 0 bridgehead atoms. The summed E-state index contributed by atoms with van der Waals surface area (Å²) < 4.78 is 0. The normalized spacial score (nSPS) is 13.4. The van der Waals surface area contributed by atoms with Crippen molar-refractivity contribution in [1.29, 1.82) is 0 Å². The summed E-state index contributed by atoms with van der Waals surface area (Å²) >= 11 is 0. The standard InChI is InChI=1S/C24H35NO2/c1-3-4-5-6-7-8-12-15-23(24(26)27)19(2)16-22-17-21(18-25-22)20-13-10-9-11-14-20/h9-11,13-14,17-19,23,25H,3-8,12,15-16H2,1-2H3,(H,26,27). The van der Waals surface area contributed by atoms with Gasteiger partial charge in [0.2, 0.25) is 0 Å². The molecule has 2 atom stereocenters. The van der Waals surface area contributed by atoms with Crippen LogP contribution in [0.5, 0.6) is 0 Å². The van der Waals surface area contributed by atoms with Crippen LogP contribution in [0.4, 0.5) is 0 Å². The Morgan fingerprint density at radius 2 is 1.67 bits per heavy atom. The highest BCUT2D eigenvalue weighted by atomic mass is 16.4. The summed E-state index contributed by atoms with van der Waals surface area (Å²) in [7, 11) is 0. The van der Waals surface area contributed by atoms with Gasteiger partial charge in [-0.1, -0.05) is 89.1 Å². The van der Waals surface area contributed by atoms with Gasteiger partial charge in [-0.25, -0.2) is 0 Å². The van der Waals surface area contributed by atoms with Crippen LogP contribution in [-0.2, 0) is 11.2 Å². The molecule has 0 saturated carbocycles. The summed E-state index contributed by atoms with van der Waals surface area (Å²) in [5, 5.41) is 9.67. The molecule has 1 heterocycles. The molecule has 27 heavy (non-hydrogen) atoms. The molecular formula is C24H35NO2. The average Bonchev–Trinajstić information content (AvgIpc) is 3.12. The van der Waals surface area contributed by atoms with Gasteiger partial charge in [0.05, 0.1) is 5.92 Å². The number of H-pyrrole nitrogens is 1. The fraction of sp³-hybridized carbons (Fsp3) is 0.542. The average molecular weight is 370 g/mol. The summed E-state index contributed by atoms with van der Waals surface area (Å²) in [5.41, 5.74) is 3.47. The number of unbranched alkanes of at least 4 members (excludes halogenated alkanes) is 6. The van der Waals surface area contributed by atoms with Crippen LogP contribution in [0.2, 0.25) is 0 Å². The van der Waals surface area contributed by atoms with E-state index in [-0.39, 0.29) is 11.8 Å². The quantitative estimate of drug-likeness (QED) is 0.386. The zero-order valence-electron chi connectivity index (χ0n) is 16.9. The lowest BCUT2D eigenvalue weighted by Gasteiger charge is -2.19. The van der Waals surface area contributed by atoms with E-state index < -0.39 is 5.97 Å². The second-order valence-electron chi connectivity index (χ2n) is 7.82. The molecule has 1 aromatic heterocycles. The van der Waals surface area contributed by atoms with Crippen molar-refractivity contribution >= 4 is 5.97 Å². The van der Waals surface area contributed by atoms with Crippen LogP contribution in [0.3, 0.4) is 0 Å². The van der Waals surface area contributed by atoms with E-state index in [9.17, 15) is 9.90 Å². The highest BCUT2D eigenvalue weighted by molar-refractivity contribution is 5.70. The summed E-state index contributed by atoms with van der Waals surface area (Å²) in [6, 6.07) is 12.4. The first-order valence-electron chi connectivity index (χ1n) is 10.6. The third-order valence-corrected chi connectivity index (χ3v) is 5.51. The van der Waals surface area contributed by atoms with Crippen LogP contribution in [0.15, 0.2) is 42.6 Å².